The molecule has 0 aliphatic heterocycles. The van der Waals surface area contributed by atoms with Crippen molar-refractivity contribution in [2.45, 2.75) is 33.9 Å². The molecule has 6 heteroatoms. The van der Waals surface area contributed by atoms with Crippen LogP contribution in [0.15, 0.2) is 40.9 Å². The van der Waals surface area contributed by atoms with Crippen molar-refractivity contribution in [3.05, 3.63) is 67.7 Å². The second-order valence-corrected chi connectivity index (χ2v) is 6.16. The number of anilines is 1. The quantitative estimate of drug-likeness (QED) is 0.445. The summed E-state index contributed by atoms with van der Waals surface area (Å²) < 4.78 is 0.705. The summed E-state index contributed by atoms with van der Waals surface area (Å²) in [6.07, 6.45) is 0. The highest BCUT2D eigenvalue weighted by Crippen LogP contribution is 2.34. The molecule has 0 atom stereocenters. The van der Waals surface area contributed by atoms with Crippen LogP contribution in [0.3, 0.4) is 0 Å². The fourth-order valence-corrected chi connectivity index (χ4v) is 2.84. The lowest BCUT2D eigenvalue weighted by Crippen LogP contribution is -2.19. The smallest absolute Gasteiger partial charge is 0.293 e. The normalized spacial score (nSPS) is 10.2. The topological polar surface area (TPSA) is 72.4 Å². The monoisotopic (exact) mass is 393 g/mol. The summed E-state index contributed by atoms with van der Waals surface area (Å²) >= 11 is 3.38. The highest BCUT2D eigenvalue weighted by molar-refractivity contribution is 9.10. The lowest BCUT2D eigenvalue weighted by atomic mass is 10.0. The third-order valence-electron chi connectivity index (χ3n) is 3.60. The van der Waals surface area contributed by atoms with Gasteiger partial charge in [0.05, 0.1) is 4.92 Å². The van der Waals surface area contributed by atoms with Gasteiger partial charge in [-0.3, -0.25) is 15.0 Å². The van der Waals surface area contributed by atoms with Gasteiger partial charge in [0.25, 0.3) is 5.69 Å². The second-order valence-electron chi connectivity index (χ2n) is 5.31. The Balaban J connectivity index is 0.00000139. The van der Waals surface area contributed by atoms with Gasteiger partial charge in [0.15, 0.2) is 0 Å². The van der Waals surface area contributed by atoms with Crippen LogP contribution in [0.25, 0.3) is 0 Å². The van der Waals surface area contributed by atoms with Gasteiger partial charge in [0.1, 0.15) is 5.69 Å². The van der Waals surface area contributed by atoms with Crippen LogP contribution in [0.2, 0.25) is 0 Å². The lowest BCUT2D eigenvalue weighted by Gasteiger charge is -2.20. The first-order valence-corrected chi connectivity index (χ1v) is 8.63. The molecule has 0 amide bonds. The first-order valence-electron chi connectivity index (χ1n) is 7.84. The summed E-state index contributed by atoms with van der Waals surface area (Å²) in [4.78, 5) is 12.7. The molecule has 0 unspecified atom stereocenters. The number of nitrogens with two attached hydrogens (primary N) is 1. The van der Waals surface area contributed by atoms with E-state index in [9.17, 15) is 10.1 Å². The molecule has 2 aromatic carbocycles. The van der Waals surface area contributed by atoms with Crippen LogP contribution in [0, 0.1) is 17.0 Å². The molecule has 0 bridgehead atoms. The summed E-state index contributed by atoms with van der Waals surface area (Å²) in [5.41, 5.74) is 9.10. The largest absolute Gasteiger partial charge is 0.393 e. The number of nitrogens with zero attached hydrogens (tertiary/aromatic N) is 2. The summed E-state index contributed by atoms with van der Waals surface area (Å²) in [6.45, 7) is 7.21. The molecule has 0 fully saturated rings. The van der Waals surface area contributed by atoms with Crippen molar-refractivity contribution in [3.63, 3.8) is 0 Å². The predicted molar refractivity (Wildman–Crippen MR) is 103 cm³/mol. The van der Waals surface area contributed by atoms with Crippen molar-refractivity contribution < 1.29 is 4.92 Å². The highest BCUT2D eigenvalue weighted by Gasteiger charge is 2.20. The van der Waals surface area contributed by atoms with Gasteiger partial charge in [-0.05, 0) is 25.1 Å². The number of hydrogen-bond acceptors (Lipinski definition) is 4. The zero-order valence-electron chi connectivity index (χ0n) is 14.5. The molecule has 0 radical (unpaired) electrons. The average molecular weight is 394 g/mol. The van der Waals surface area contributed by atoms with E-state index in [1.54, 1.807) is 0 Å². The van der Waals surface area contributed by atoms with E-state index in [2.05, 4.69) is 33.0 Å². The first-order chi connectivity index (χ1) is 11.4. The van der Waals surface area contributed by atoms with E-state index in [0.717, 1.165) is 17.7 Å². The molecule has 0 saturated heterocycles. The van der Waals surface area contributed by atoms with E-state index in [-0.39, 0.29) is 11.4 Å². The van der Waals surface area contributed by atoms with Crippen molar-refractivity contribution >= 4 is 27.3 Å². The Morgan fingerprint density at radius 3 is 2.33 bits per heavy atom. The van der Waals surface area contributed by atoms with Gasteiger partial charge in [-0.25, -0.2) is 0 Å². The molecule has 0 saturated carbocycles. The third kappa shape index (κ3) is 5.04. The first kappa shape index (κ1) is 20.1. The van der Waals surface area contributed by atoms with Gasteiger partial charge < -0.3 is 5.73 Å². The minimum atomic E-state index is -0.444. The molecule has 2 rings (SSSR count). The van der Waals surface area contributed by atoms with Crippen LogP contribution in [0.1, 0.15) is 30.5 Å². The number of halogens is 1. The predicted octanol–water partition coefficient (Wildman–Crippen LogP) is 4.91. The third-order valence-corrected chi connectivity index (χ3v) is 4.42. The lowest BCUT2D eigenvalue weighted by molar-refractivity contribution is -0.384. The van der Waals surface area contributed by atoms with Crippen molar-refractivity contribution in [1.82, 2.24) is 4.90 Å². The van der Waals surface area contributed by atoms with Crippen LogP contribution < -0.4 is 5.73 Å². The zero-order valence-corrected chi connectivity index (χ0v) is 16.1. The number of nitrogen functional groups attached to an aromatic ring is 1. The van der Waals surface area contributed by atoms with Crippen LogP contribution in [0.5, 0.6) is 0 Å². The van der Waals surface area contributed by atoms with E-state index in [0.29, 0.717) is 11.0 Å². The van der Waals surface area contributed by atoms with Crippen molar-refractivity contribution in [3.8, 4) is 0 Å². The van der Waals surface area contributed by atoms with Crippen molar-refractivity contribution in [1.29, 1.82) is 0 Å². The van der Waals surface area contributed by atoms with Gasteiger partial charge in [-0.1, -0.05) is 60.1 Å². The average Bonchev–Trinajstić information content (AvgIpc) is 2.57. The van der Waals surface area contributed by atoms with E-state index in [1.807, 2.05) is 46.0 Å². The number of hydrogen-bond donors (Lipinski definition) is 1. The summed E-state index contributed by atoms with van der Waals surface area (Å²) in [7, 11) is 1.97. The standard InChI is InChI=1S/C16H18BrN3O2.C2H6/c1-11-13(16(18)15(20(21)22)8-14(11)17)10-19(2)9-12-6-4-3-5-7-12;1-2/h3-8H,9-10,18H2,1-2H3;1-2H3. The molecule has 0 aromatic heterocycles. The van der Waals surface area contributed by atoms with E-state index >= 15 is 0 Å². The zero-order chi connectivity index (χ0) is 18.3. The van der Waals surface area contributed by atoms with E-state index < -0.39 is 4.92 Å². The number of nitro benzene ring substituents is 1. The second kappa shape index (κ2) is 9.39. The maximum atomic E-state index is 11.1. The number of nitro groups is 1. The molecular weight excluding hydrogens is 370 g/mol. The Bertz CT molecular complexity index is 690. The molecule has 130 valence electrons. The van der Waals surface area contributed by atoms with Gasteiger partial charge >= 0.3 is 0 Å². The van der Waals surface area contributed by atoms with Gasteiger partial charge in [-0.15, -0.1) is 0 Å². The highest BCUT2D eigenvalue weighted by atomic mass is 79.9. The van der Waals surface area contributed by atoms with Crippen LogP contribution in [-0.2, 0) is 13.1 Å². The number of rotatable bonds is 5. The van der Waals surface area contributed by atoms with Crippen molar-refractivity contribution in [2.75, 3.05) is 12.8 Å². The summed E-state index contributed by atoms with van der Waals surface area (Å²) in [5.74, 6) is 0. The molecule has 5 nitrogen and oxygen atoms in total. The molecule has 0 heterocycles. The van der Waals surface area contributed by atoms with Crippen LogP contribution in [-0.4, -0.2) is 16.9 Å². The molecule has 0 aliphatic rings. The van der Waals surface area contributed by atoms with Crippen molar-refractivity contribution in [2.24, 2.45) is 0 Å². The van der Waals surface area contributed by atoms with E-state index in [4.69, 9.17) is 5.73 Å². The van der Waals surface area contributed by atoms with Crippen LogP contribution in [0.4, 0.5) is 11.4 Å². The Morgan fingerprint density at radius 1 is 1.21 bits per heavy atom. The fraction of sp³-hybridized carbons (Fsp3) is 0.333. The Morgan fingerprint density at radius 2 is 1.79 bits per heavy atom. The molecule has 0 spiro atoms. The Kier molecular flexibility index (Phi) is 7.88. The number of benzene rings is 2. The minimum absolute atomic E-state index is 0.0550. The van der Waals surface area contributed by atoms with Crippen LogP contribution >= 0.6 is 15.9 Å². The fourth-order valence-electron chi connectivity index (χ4n) is 2.38. The maximum Gasteiger partial charge on any atom is 0.293 e. The Labute approximate surface area is 151 Å². The molecule has 0 aliphatic carbocycles. The molecule has 2 aromatic rings. The summed E-state index contributed by atoms with van der Waals surface area (Å²) in [5, 5.41) is 11.1. The summed E-state index contributed by atoms with van der Waals surface area (Å²) in [6, 6.07) is 11.5. The molecular formula is C18H24BrN3O2. The molecule has 2 N–H and O–H groups in total. The molecule has 24 heavy (non-hydrogen) atoms. The SMILES string of the molecule is CC.Cc1c(Br)cc([N+](=O)[O-])c(N)c1CN(C)Cc1ccccc1. The Hall–Kier alpha value is -1.92. The van der Waals surface area contributed by atoms with E-state index in [1.165, 1.54) is 11.6 Å². The van der Waals surface area contributed by atoms with Gasteiger partial charge in [0, 0.05) is 29.2 Å². The minimum Gasteiger partial charge on any atom is -0.393 e. The maximum absolute atomic E-state index is 11.1. The van der Waals surface area contributed by atoms with Gasteiger partial charge in [0.2, 0.25) is 0 Å². The van der Waals surface area contributed by atoms with Gasteiger partial charge in [-0.2, -0.15) is 0 Å².